The second-order valence-electron chi connectivity index (χ2n) is 8.27. The van der Waals surface area contributed by atoms with Crippen LogP contribution in [-0.2, 0) is 26.3 Å². The Morgan fingerprint density at radius 1 is 1.03 bits per heavy atom. The molecular formula is C22H24F2N4O4S3. The van der Waals surface area contributed by atoms with Crippen LogP contribution in [0, 0.1) is 11.6 Å². The number of aromatic nitrogens is 1. The molecule has 2 aromatic carbocycles. The van der Waals surface area contributed by atoms with Gasteiger partial charge in [0.05, 0.1) is 14.7 Å². The number of hydrogen-bond acceptors (Lipinski definition) is 8. The predicted octanol–water partition coefficient (Wildman–Crippen LogP) is 3.26. The average Bonchev–Trinajstić information content (AvgIpc) is 3.14. The van der Waals surface area contributed by atoms with E-state index < -0.39 is 31.5 Å². The summed E-state index contributed by atoms with van der Waals surface area (Å²) in [6, 6.07) is 8.80. The van der Waals surface area contributed by atoms with Gasteiger partial charge in [-0.15, -0.1) is 0 Å². The first-order valence-electron chi connectivity index (χ1n) is 10.7. The molecule has 2 heterocycles. The van der Waals surface area contributed by atoms with E-state index in [1.54, 1.807) is 0 Å². The van der Waals surface area contributed by atoms with Crippen molar-refractivity contribution in [2.45, 2.75) is 35.1 Å². The molecule has 0 amide bonds. The number of benzene rings is 2. The fourth-order valence-corrected chi connectivity index (χ4v) is 6.91. The van der Waals surface area contributed by atoms with E-state index in [9.17, 15) is 25.6 Å². The van der Waals surface area contributed by atoms with Crippen molar-refractivity contribution in [2.75, 3.05) is 30.4 Å². The Labute approximate surface area is 206 Å². The van der Waals surface area contributed by atoms with Gasteiger partial charge in [-0.25, -0.2) is 30.6 Å². The Hall–Kier alpha value is -2.61. The maximum atomic E-state index is 14.0. The zero-order valence-electron chi connectivity index (χ0n) is 18.7. The molecule has 8 nitrogen and oxygen atoms in total. The monoisotopic (exact) mass is 542 g/mol. The minimum atomic E-state index is -3.76. The molecule has 35 heavy (non-hydrogen) atoms. The number of nitrogen functional groups attached to an aromatic ring is 1. The standard InChI is InChI=1S/C22H24F2N4O4S3/c1-34(29,30)15-5-7-16(8-6-15)35(31,32)28-11-9-14(10-12-28)26-22-27-21(25)20(33-22)13-17-18(23)3-2-4-19(17)24/h2-8,14H,9-13,25H2,1H3,(H,26,27). The van der Waals surface area contributed by atoms with Gasteiger partial charge in [-0.1, -0.05) is 17.4 Å². The Bertz CT molecular complexity index is 1410. The summed E-state index contributed by atoms with van der Waals surface area (Å²) in [6.45, 7) is 0.532. The lowest BCUT2D eigenvalue weighted by Crippen LogP contribution is -2.42. The average molecular weight is 543 g/mol. The maximum Gasteiger partial charge on any atom is 0.243 e. The van der Waals surface area contributed by atoms with Crippen molar-refractivity contribution in [1.82, 2.24) is 9.29 Å². The minimum absolute atomic E-state index is 0.0154. The van der Waals surface area contributed by atoms with Crippen LogP contribution < -0.4 is 11.1 Å². The number of nitrogens with two attached hydrogens (primary N) is 1. The summed E-state index contributed by atoms with van der Waals surface area (Å²) in [5, 5.41) is 3.75. The summed E-state index contributed by atoms with van der Waals surface area (Å²) < 4.78 is 78.5. The molecular weight excluding hydrogens is 518 g/mol. The summed E-state index contributed by atoms with van der Waals surface area (Å²) in [6.07, 6.45) is 2.07. The quantitative estimate of drug-likeness (QED) is 0.470. The second kappa shape index (κ2) is 9.80. The highest BCUT2D eigenvalue weighted by atomic mass is 32.2. The number of nitrogens with one attached hydrogen (secondary N) is 1. The Balaban J connectivity index is 1.38. The number of nitrogens with zero attached hydrogens (tertiary/aromatic N) is 2. The molecule has 0 atom stereocenters. The van der Waals surface area contributed by atoms with Crippen molar-refractivity contribution in [1.29, 1.82) is 0 Å². The molecule has 1 fully saturated rings. The molecule has 0 unspecified atom stereocenters. The van der Waals surface area contributed by atoms with E-state index in [1.807, 2.05) is 0 Å². The summed E-state index contributed by atoms with van der Waals surface area (Å²) in [5.74, 6) is -1.10. The van der Waals surface area contributed by atoms with Crippen molar-refractivity contribution in [3.8, 4) is 0 Å². The van der Waals surface area contributed by atoms with Crippen LogP contribution in [0.15, 0.2) is 52.3 Å². The number of sulfonamides is 1. The maximum absolute atomic E-state index is 14.0. The van der Waals surface area contributed by atoms with Gasteiger partial charge in [0, 0.05) is 37.4 Å². The van der Waals surface area contributed by atoms with Gasteiger partial charge in [0.25, 0.3) is 0 Å². The summed E-state index contributed by atoms with van der Waals surface area (Å²) in [7, 11) is -7.18. The Morgan fingerprint density at radius 2 is 1.60 bits per heavy atom. The van der Waals surface area contributed by atoms with Gasteiger partial charge >= 0.3 is 0 Å². The van der Waals surface area contributed by atoms with Gasteiger partial charge in [0.2, 0.25) is 10.0 Å². The summed E-state index contributed by atoms with van der Waals surface area (Å²) in [4.78, 5) is 4.89. The molecule has 188 valence electrons. The van der Waals surface area contributed by atoms with E-state index in [2.05, 4.69) is 10.3 Å². The van der Waals surface area contributed by atoms with Crippen LogP contribution >= 0.6 is 11.3 Å². The van der Waals surface area contributed by atoms with E-state index in [0.29, 0.717) is 22.9 Å². The first-order valence-corrected chi connectivity index (χ1v) is 14.8. The van der Waals surface area contributed by atoms with Gasteiger partial charge in [-0.3, -0.25) is 0 Å². The smallest absolute Gasteiger partial charge is 0.243 e. The largest absolute Gasteiger partial charge is 0.383 e. The number of halogens is 2. The number of piperidine rings is 1. The fraction of sp³-hybridized carbons (Fsp3) is 0.318. The van der Waals surface area contributed by atoms with Gasteiger partial charge in [-0.2, -0.15) is 4.31 Å². The van der Waals surface area contributed by atoms with Gasteiger partial charge in [0.15, 0.2) is 15.0 Å². The molecule has 13 heteroatoms. The van der Waals surface area contributed by atoms with Crippen molar-refractivity contribution in [2.24, 2.45) is 0 Å². The third-order valence-corrected chi connectivity index (χ3v) is 9.84. The van der Waals surface area contributed by atoms with Gasteiger partial charge in [0.1, 0.15) is 17.5 Å². The topological polar surface area (TPSA) is 122 Å². The van der Waals surface area contributed by atoms with Gasteiger partial charge < -0.3 is 11.1 Å². The number of sulfone groups is 1. The van der Waals surface area contributed by atoms with Crippen LogP contribution in [0.2, 0.25) is 0 Å². The summed E-state index contributed by atoms with van der Waals surface area (Å²) >= 11 is 1.21. The second-order valence-corrected chi connectivity index (χ2v) is 13.3. The molecule has 4 rings (SSSR count). The molecule has 1 aliphatic rings. The number of thiazole rings is 1. The van der Waals surface area contributed by atoms with Crippen LogP contribution in [0.3, 0.4) is 0 Å². The Kier molecular flexibility index (Phi) is 7.13. The first kappa shape index (κ1) is 25.5. The molecule has 0 spiro atoms. The van der Waals surface area contributed by atoms with Crippen LogP contribution in [0.1, 0.15) is 23.3 Å². The van der Waals surface area contributed by atoms with E-state index >= 15 is 0 Å². The van der Waals surface area contributed by atoms with Crippen molar-refractivity contribution in [3.63, 3.8) is 0 Å². The normalized spacial score (nSPS) is 15.9. The zero-order chi connectivity index (χ0) is 25.4. The lowest BCUT2D eigenvalue weighted by molar-refractivity contribution is 0.329. The molecule has 0 bridgehead atoms. The molecule has 0 saturated carbocycles. The third-order valence-electron chi connectivity index (χ3n) is 5.80. The SMILES string of the molecule is CS(=O)(=O)c1ccc(S(=O)(=O)N2CCC(Nc3nc(N)c(Cc4c(F)cccc4F)s3)CC2)cc1. The molecule has 1 aliphatic heterocycles. The lowest BCUT2D eigenvalue weighted by Gasteiger charge is -2.31. The van der Waals surface area contributed by atoms with E-state index in [0.717, 1.165) is 6.26 Å². The molecule has 1 saturated heterocycles. The van der Waals surface area contributed by atoms with Crippen molar-refractivity contribution in [3.05, 3.63) is 64.5 Å². The van der Waals surface area contributed by atoms with E-state index in [-0.39, 0.29) is 46.7 Å². The van der Waals surface area contributed by atoms with Crippen LogP contribution in [0.4, 0.5) is 19.7 Å². The fourth-order valence-electron chi connectivity index (χ4n) is 3.84. The van der Waals surface area contributed by atoms with Crippen molar-refractivity contribution < 1.29 is 25.6 Å². The highest BCUT2D eigenvalue weighted by Gasteiger charge is 2.30. The van der Waals surface area contributed by atoms with Crippen molar-refractivity contribution >= 4 is 42.1 Å². The van der Waals surface area contributed by atoms with Crippen LogP contribution in [0.25, 0.3) is 0 Å². The minimum Gasteiger partial charge on any atom is -0.383 e. The molecule has 3 N–H and O–H groups in total. The molecule has 0 aliphatic carbocycles. The molecule has 3 aromatic rings. The highest BCUT2D eigenvalue weighted by Crippen LogP contribution is 2.31. The van der Waals surface area contributed by atoms with Gasteiger partial charge in [-0.05, 0) is 49.2 Å². The zero-order valence-corrected chi connectivity index (χ0v) is 21.2. The number of hydrogen-bond donors (Lipinski definition) is 2. The third kappa shape index (κ3) is 5.63. The van der Waals surface area contributed by atoms with E-state index in [4.69, 9.17) is 5.73 Å². The van der Waals surface area contributed by atoms with Crippen LogP contribution in [-0.4, -0.2) is 51.5 Å². The first-order chi connectivity index (χ1) is 16.4. The van der Waals surface area contributed by atoms with Crippen LogP contribution in [0.5, 0.6) is 0 Å². The highest BCUT2D eigenvalue weighted by molar-refractivity contribution is 7.90. The molecule has 1 aromatic heterocycles. The predicted molar refractivity (Wildman–Crippen MR) is 131 cm³/mol. The molecule has 0 radical (unpaired) electrons. The summed E-state index contributed by atoms with van der Waals surface area (Å²) in [5.41, 5.74) is 5.89. The number of anilines is 2. The lowest BCUT2D eigenvalue weighted by atomic mass is 10.1. The number of rotatable bonds is 7. The Morgan fingerprint density at radius 3 is 2.17 bits per heavy atom. The van der Waals surface area contributed by atoms with E-state index in [1.165, 1.54) is 58.1 Å².